The van der Waals surface area contributed by atoms with E-state index in [-0.39, 0.29) is 0 Å². The third kappa shape index (κ3) is 5.22. The fourth-order valence-electron chi connectivity index (χ4n) is 2.54. The zero-order chi connectivity index (χ0) is 15.2. The fraction of sp³-hybridized carbons (Fsp3) is 0.421. The quantitative estimate of drug-likeness (QED) is 0.785. The molecule has 2 rings (SSSR count). The van der Waals surface area contributed by atoms with Gasteiger partial charge in [0.05, 0.1) is 0 Å². The Balaban J connectivity index is 2.10. The van der Waals surface area contributed by atoms with Gasteiger partial charge in [-0.05, 0) is 60.1 Å². The van der Waals surface area contributed by atoms with Crippen molar-refractivity contribution in [2.45, 2.75) is 40.5 Å². The fourth-order valence-corrected chi connectivity index (χ4v) is 2.54. The van der Waals surface area contributed by atoms with Gasteiger partial charge in [-0.15, -0.1) is 0 Å². The maximum absolute atomic E-state index is 4.42. The molecule has 0 radical (unpaired) electrons. The third-order valence-electron chi connectivity index (χ3n) is 3.31. The van der Waals surface area contributed by atoms with Crippen LogP contribution in [0.3, 0.4) is 0 Å². The Morgan fingerprint density at radius 1 is 0.905 bits per heavy atom. The zero-order valence-electron chi connectivity index (χ0n) is 13.6. The number of hydrogen-bond acceptors (Lipinski definition) is 2. The van der Waals surface area contributed by atoms with Crippen LogP contribution in [0.4, 0.5) is 11.5 Å². The van der Waals surface area contributed by atoms with Crippen molar-refractivity contribution < 1.29 is 0 Å². The molecule has 0 atom stereocenters. The number of nitrogens with zero attached hydrogens (tertiary/aromatic N) is 1. The molecule has 0 aliphatic carbocycles. The molecule has 112 valence electrons. The van der Waals surface area contributed by atoms with Crippen molar-refractivity contribution in [3.05, 3.63) is 53.7 Å². The van der Waals surface area contributed by atoms with Gasteiger partial charge in [0.2, 0.25) is 0 Å². The molecule has 0 spiro atoms. The van der Waals surface area contributed by atoms with E-state index in [1.165, 1.54) is 11.1 Å². The summed E-state index contributed by atoms with van der Waals surface area (Å²) in [4.78, 5) is 4.42. The van der Waals surface area contributed by atoms with Crippen LogP contribution in [-0.2, 0) is 12.8 Å². The van der Waals surface area contributed by atoms with Crippen molar-refractivity contribution in [1.29, 1.82) is 0 Å². The molecular formula is C19H26N2. The molecule has 0 saturated heterocycles. The second kappa shape index (κ2) is 7.26. The first-order valence-corrected chi connectivity index (χ1v) is 7.84. The van der Waals surface area contributed by atoms with Crippen LogP contribution in [0.2, 0.25) is 0 Å². The van der Waals surface area contributed by atoms with Crippen molar-refractivity contribution in [1.82, 2.24) is 4.98 Å². The Kier molecular flexibility index (Phi) is 5.38. The first-order chi connectivity index (χ1) is 10.0. The zero-order valence-corrected chi connectivity index (χ0v) is 13.6. The molecule has 21 heavy (non-hydrogen) atoms. The lowest BCUT2D eigenvalue weighted by molar-refractivity contribution is 0.647. The van der Waals surface area contributed by atoms with Crippen molar-refractivity contribution in [2.75, 3.05) is 5.32 Å². The van der Waals surface area contributed by atoms with Crippen LogP contribution < -0.4 is 5.32 Å². The van der Waals surface area contributed by atoms with Gasteiger partial charge in [-0.2, -0.15) is 0 Å². The Labute approximate surface area is 128 Å². The van der Waals surface area contributed by atoms with Gasteiger partial charge in [-0.1, -0.05) is 39.8 Å². The third-order valence-corrected chi connectivity index (χ3v) is 3.31. The Morgan fingerprint density at radius 3 is 2.24 bits per heavy atom. The second-order valence-corrected chi connectivity index (χ2v) is 6.57. The molecule has 0 unspecified atom stereocenters. The average Bonchev–Trinajstić information content (AvgIpc) is 2.37. The summed E-state index contributed by atoms with van der Waals surface area (Å²) >= 11 is 0. The average molecular weight is 282 g/mol. The van der Waals surface area contributed by atoms with Gasteiger partial charge in [0.1, 0.15) is 5.82 Å². The van der Waals surface area contributed by atoms with Gasteiger partial charge < -0.3 is 5.32 Å². The molecule has 0 fully saturated rings. The topological polar surface area (TPSA) is 24.9 Å². The van der Waals surface area contributed by atoms with Crippen molar-refractivity contribution in [2.24, 2.45) is 11.8 Å². The SMILES string of the molecule is CC(C)Cc1cccc(Nc2cc(CC(C)C)ccn2)c1. The van der Waals surface area contributed by atoms with Gasteiger partial charge in [0, 0.05) is 11.9 Å². The van der Waals surface area contributed by atoms with E-state index >= 15 is 0 Å². The molecule has 0 amide bonds. The number of hydrogen-bond donors (Lipinski definition) is 1. The predicted octanol–water partition coefficient (Wildman–Crippen LogP) is 5.22. The number of anilines is 2. The molecule has 0 aliphatic heterocycles. The van der Waals surface area contributed by atoms with E-state index in [9.17, 15) is 0 Å². The molecule has 0 bridgehead atoms. The van der Waals surface area contributed by atoms with Crippen LogP contribution in [0.5, 0.6) is 0 Å². The van der Waals surface area contributed by atoms with Crippen molar-refractivity contribution in [3.63, 3.8) is 0 Å². The summed E-state index contributed by atoms with van der Waals surface area (Å²) < 4.78 is 0. The summed E-state index contributed by atoms with van der Waals surface area (Å²) in [6, 6.07) is 12.9. The molecule has 2 nitrogen and oxygen atoms in total. The number of benzene rings is 1. The molecule has 1 heterocycles. The number of nitrogens with one attached hydrogen (secondary N) is 1. The van der Waals surface area contributed by atoms with Gasteiger partial charge in [-0.25, -0.2) is 4.98 Å². The summed E-state index contributed by atoms with van der Waals surface area (Å²) in [7, 11) is 0. The monoisotopic (exact) mass is 282 g/mol. The van der Waals surface area contributed by atoms with E-state index in [1.807, 2.05) is 6.20 Å². The summed E-state index contributed by atoms with van der Waals surface area (Å²) in [5.74, 6) is 2.26. The molecule has 2 heteroatoms. The first-order valence-electron chi connectivity index (χ1n) is 7.84. The lowest BCUT2D eigenvalue weighted by Crippen LogP contribution is -1.99. The molecule has 1 N–H and O–H groups in total. The molecule has 1 aromatic carbocycles. The second-order valence-electron chi connectivity index (χ2n) is 6.57. The van der Waals surface area contributed by atoms with Gasteiger partial charge in [-0.3, -0.25) is 0 Å². The highest BCUT2D eigenvalue weighted by Gasteiger charge is 2.03. The highest BCUT2D eigenvalue weighted by atomic mass is 15.0. The summed E-state index contributed by atoms with van der Waals surface area (Å²) in [6.07, 6.45) is 4.08. The minimum absolute atomic E-state index is 0.662. The van der Waals surface area contributed by atoms with Crippen LogP contribution in [0.1, 0.15) is 38.8 Å². The predicted molar refractivity (Wildman–Crippen MR) is 91.0 cm³/mol. The smallest absolute Gasteiger partial charge is 0.130 e. The van der Waals surface area contributed by atoms with Gasteiger partial charge in [0.15, 0.2) is 0 Å². The van der Waals surface area contributed by atoms with E-state index < -0.39 is 0 Å². The van der Waals surface area contributed by atoms with Gasteiger partial charge in [0.25, 0.3) is 0 Å². The van der Waals surface area contributed by atoms with Crippen LogP contribution in [-0.4, -0.2) is 4.98 Å². The van der Waals surface area contributed by atoms with Crippen molar-refractivity contribution in [3.8, 4) is 0 Å². The van der Waals surface area contributed by atoms with Gasteiger partial charge >= 0.3 is 0 Å². The molecule has 0 saturated carbocycles. The van der Waals surface area contributed by atoms with E-state index in [2.05, 4.69) is 74.4 Å². The standard InChI is InChI=1S/C19H26N2/c1-14(2)10-16-6-5-7-18(12-16)21-19-13-17(8-9-20-19)11-15(3)4/h5-9,12-15H,10-11H2,1-4H3,(H,20,21). The largest absolute Gasteiger partial charge is 0.340 e. The van der Waals surface area contributed by atoms with Crippen molar-refractivity contribution >= 4 is 11.5 Å². The number of aromatic nitrogens is 1. The lowest BCUT2D eigenvalue weighted by atomic mass is 10.0. The highest BCUT2D eigenvalue weighted by molar-refractivity contribution is 5.57. The summed E-state index contributed by atoms with van der Waals surface area (Å²) in [5.41, 5.74) is 3.82. The van der Waals surface area contributed by atoms with E-state index in [0.29, 0.717) is 11.8 Å². The summed E-state index contributed by atoms with van der Waals surface area (Å²) in [5, 5.41) is 3.42. The van der Waals surface area contributed by atoms with E-state index in [1.54, 1.807) is 0 Å². The highest BCUT2D eigenvalue weighted by Crippen LogP contribution is 2.19. The van der Waals surface area contributed by atoms with Crippen LogP contribution in [0.15, 0.2) is 42.6 Å². The van der Waals surface area contributed by atoms with Crippen LogP contribution in [0, 0.1) is 11.8 Å². The Morgan fingerprint density at radius 2 is 1.57 bits per heavy atom. The maximum atomic E-state index is 4.42. The lowest BCUT2D eigenvalue weighted by Gasteiger charge is -2.11. The maximum Gasteiger partial charge on any atom is 0.130 e. The molecule has 0 aliphatic rings. The Hall–Kier alpha value is -1.83. The first kappa shape index (κ1) is 15.6. The minimum Gasteiger partial charge on any atom is -0.340 e. The molecule has 2 aromatic rings. The van der Waals surface area contributed by atoms with Crippen LogP contribution in [0.25, 0.3) is 0 Å². The van der Waals surface area contributed by atoms with E-state index in [4.69, 9.17) is 0 Å². The Bertz CT molecular complexity index is 522. The van der Waals surface area contributed by atoms with Crippen LogP contribution >= 0.6 is 0 Å². The number of rotatable bonds is 6. The normalized spacial score (nSPS) is 11.1. The number of pyridine rings is 1. The molecule has 1 aromatic heterocycles. The molecular weight excluding hydrogens is 256 g/mol. The van der Waals surface area contributed by atoms with E-state index in [0.717, 1.165) is 24.3 Å². The summed E-state index contributed by atoms with van der Waals surface area (Å²) in [6.45, 7) is 8.97. The minimum atomic E-state index is 0.662.